The first-order valence-corrected chi connectivity index (χ1v) is 7.91. The van der Waals surface area contributed by atoms with Crippen molar-refractivity contribution in [1.82, 2.24) is 0 Å². The molecule has 3 rings (SSSR count). The maximum Gasteiger partial charge on any atom is 0.131 e. The molecule has 116 valence electrons. The van der Waals surface area contributed by atoms with Crippen molar-refractivity contribution in [1.29, 1.82) is 0 Å². The monoisotopic (exact) mass is 337 g/mol. The summed E-state index contributed by atoms with van der Waals surface area (Å²) in [4.78, 5) is 0. The lowest BCUT2D eigenvalue weighted by atomic mass is 9.95. The predicted octanol–water partition coefficient (Wildman–Crippen LogP) is 4.32. The van der Waals surface area contributed by atoms with Crippen molar-refractivity contribution in [2.75, 3.05) is 13.7 Å². The molecule has 0 fully saturated rings. The van der Waals surface area contributed by atoms with Gasteiger partial charge in [0.2, 0.25) is 0 Å². The number of halogens is 2. The minimum absolute atomic E-state index is 0.0256. The Labute approximate surface area is 139 Å². The van der Waals surface area contributed by atoms with Crippen LogP contribution in [0.5, 0.6) is 11.5 Å². The lowest BCUT2D eigenvalue weighted by Gasteiger charge is -2.28. The van der Waals surface area contributed by atoms with E-state index in [1.165, 1.54) is 0 Å². The molecule has 2 aromatic carbocycles. The van der Waals surface area contributed by atoms with Crippen LogP contribution in [0.25, 0.3) is 11.1 Å². The molecular weight excluding hydrogens is 321 g/mol. The third-order valence-electron chi connectivity index (χ3n) is 3.87. The van der Waals surface area contributed by atoms with E-state index in [1.807, 2.05) is 24.3 Å². The van der Waals surface area contributed by atoms with Crippen molar-refractivity contribution in [2.24, 2.45) is 5.73 Å². The second kappa shape index (κ2) is 6.37. The largest absolute Gasteiger partial charge is 0.496 e. The summed E-state index contributed by atoms with van der Waals surface area (Å²) >= 11 is 12.4. The van der Waals surface area contributed by atoms with Gasteiger partial charge >= 0.3 is 0 Å². The zero-order valence-corrected chi connectivity index (χ0v) is 13.7. The minimum atomic E-state index is 0.0256. The van der Waals surface area contributed by atoms with Gasteiger partial charge in [0.15, 0.2) is 0 Å². The quantitative estimate of drug-likeness (QED) is 0.906. The standard InChI is InChI=1S/C17H17Cl2NO2/c1-21-16-5-3-11(18)7-14(16)15-8-12(19)6-10-2-4-13(9-20)22-17(10)15/h3,5-8,13H,2,4,9,20H2,1H3/t13-/m1/s1. The fraction of sp³-hybridized carbons (Fsp3) is 0.294. The van der Waals surface area contributed by atoms with Crippen molar-refractivity contribution < 1.29 is 9.47 Å². The normalized spacial score (nSPS) is 16.8. The van der Waals surface area contributed by atoms with E-state index in [-0.39, 0.29) is 6.10 Å². The highest BCUT2D eigenvalue weighted by molar-refractivity contribution is 6.31. The maximum atomic E-state index is 6.28. The van der Waals surface area contributed by atoms with Crippen LogP contribution in [0.1, 0.15) is 12.0 Å². The van der Waals surface area contributed by atoms with Crippen LogP contribution in [0.3, 0.4) is 0 Å². The fourth-order valence-electron chi connectivity index (χ4n) is 2.77. The topological polar surface area (TPSA) is 44.5 Å². The molecule has 0 aliphatic carbocycles. The van der Waals surface area contributed by atoms with Crippen LogP contribution in [0.2, 0.25) is 10.0 Å². The number of rotatable bonds is 3. The number of hydrogen-bond acceptors (Lipinski definition) is 3. The Balaban J connectivity index is 2.19. The van der Waals surface area contributed by atoms with Gasteiger partial charge in [-0.05, 0) is 48.7 Å². The van der Waals surface area contributed by atoms with E-state index in [9.17, 15) is 0 Å². The summed E-state index contributed by atoms with van der Waals surface area (Å²) in [5.41, 5.74) is 8.61. The molecule has 1 atom stereocenters. The lowest BCUT2D eigenvalue weighted by Crippen LogP contribution is -2.30. The number of nitrogens with two attached hydrogens (primary N) is 1. The summed E-state index contributed by atoms with van der Waals surface area (Å²) in [5, 5.41) is 1.31. The van der Waals surface area contributed by atoms with E-state index in [4.69, 9.17) is 38.4 Å². The highest BCUT2D eigenvalue weighted by Crippen LogP contribution is 2.43. The first-order chi connectivity index (χ1) is 10.6. The average molecular weight is 338 g/mol. The van der Waals surface area contributed by atoms with Crippen LogP contribution in [0.4, 0.5) is 0 Å². The van der Waals surface area contributed by atoms with E-state index in [1.54, 1.807) is 13.2 Å². The number of ether oxygens (including phenoxy) is 2. The van der Waals surface area contributed by atoms with E-state index in [2.05, 4.69) is 0 Å². The van der Waals surface area contributed by atoms with Crippen molar-refractivity contribution in [2.45, 2.75) is 18.9 Å². The first-order valence-electron chi connectivity index (χ1n) is 7.15. The molecule has 2 aromatic rings. The molecule has 0 saturated heterocycles. The Hall–Kier alpha value is -1.42. The summed E-state index contributed by atoms with van der Waals surface area (Å²) in [7, 11) is 1.63. The van der Waals surface area contributed by atoms with Crippen molar-refractivity contribution >= 4 is 23.2 Å². The Morgan fingerprint density at radius 3 is 2.68 bits per heavy atom. The molecule has 0 spiro atoms. The van der Waals surface area contributed by atoms with Gasteiger partial charge < -0.3 is 15.2 Å². The van der Waals surface area contributed by atoms with Gasteiger partial charge in [0.25, 0.3) is 0 Å². The number of benzene rings is 2. The van der Waals surface area contributed by atoms with Crippen LogP contribution in [0, 0.1) is 0 Å². The summed E-state index contributed by atoms with van der Waals surface area (Å²) < 4.78 is 11.5. The molecule has 0 saturated carbocycles. The molecule has 1 aliphatic heterocycles. The van der Waals surface area contributed by atoms with Crippen LogP contribution in [-0.4, -0.2) is 19.8 Å². The SMILES string of the molecule is COc1ccc(Cl)cc1-c1cc(Cl)cc2c1O[C@@H](CN)CC2. The molecule has 0 radical (unpaired) electrons. The van der Waals surface area contributed by atoms with Crippen LogP contribution >= 0.6 is 23.2 Å². The molecule has 0 aromatic heterocycles. The highest BCUT2D eigenvalue weighted by atomic mass is 35.5. The van der Waals surface area contributed by atoms with Gasteiger partial charge in [0.05, 0.1) is 7.11 Å². The van der Waals surface area contributed by atoms with E-state index in [0.29, 0.717) is 16.6 Å². The zero-order chi connectivity index (χ0) is 15.7. The third kappa shape index (κ3) is 2.89. The molecule has 0 bridgehead atoms. The van der Waals surface area contributed by atoms with Gasteiger partial charge in [-0.15, -0.1) is 0 Å². The van der Waals surface area contributed by atoms with Gasteiger partial charge in [-0.3, -0.25) is 0 Å². The fourth-order valence-corrected chi connectivity index (χ4v) is 3.19. The van der Waals surface area contributed by atoms with Gasteiger partial charge in [-0.25, -0.2) is 0 Å². The molecule has 2 N–H and O–H groups in total. The highest BCUT2D eigenvalue weighted by Gasteiger charge is 2.24. The number of aryl methyl sites for hydroxylation is 1. The minimum Gasteiger partial charge on any atom is -0.496 e. The van der Waals surface area contributed by atoms with Gasteiger partial charge in [-0.1, -0.05) is 23.2 Å². The Morgan fingerprint density at radius 2 is 1.95 bits per heavy atom. The lowest BCUT2D eigenvalue weighted by molar-refractivity contribution is 0.182. The summed E-state index contributed by atoms with van der Waals surface area (Å²) in [6.07, 6.45) is 1.82. The Kier molecular flexibility index (Phi) is 4.48. The molecule has 1 heterocycles. The van der Waals surface area contributed by atoms with Gasteiger partial charge in [0, 0.05) is 27.7 Å². The average Bonchev–Trinajstić information content (AvgIpc) is 2.53. The van der Waals surface area contributed by atoms with Crippen LogP contribution in [-0.2, 0) is 6.42 Å². The second-order valence-corrected chi connectivity index (χ2v) is 6.17. The molecule has 0 amide bonds. The molecule has 0 unspecified atom stereocenters. The Bertz CT molecular complexity index is 703. The van der Waals surface area contributed by atoms with E-state index >= 15 is 0 Å². The second-order valence-electron chi connectivity index (χ2n) is 5.30. The zero-order valence-electron chi connectivity index (χ0n) is 12.2. The van der Waals surface area contributed by atoms with E-state index in [0.717, 1.165) is 41.0 Å². The van der Waals surface area contributed by atoms with Crippen LogP contribution in [0.15, 0.2) is 30.3 Å². The number of methoxy groups -OCH3 is 1. The van der Waals surface area contributed by atoms with Crippen LogP contribution < -0.4 is 15.2 Å². The Morgan fingerprint density at radius 1 is 1.18 bits per heavy atom. The summed E-state index contributed by atoms with van der Waals surface area (Å²) in [6, 6.07) is 9.33. The van der Waals surface area contributed by atoms with Gasteiger partial charge in [0.1, 0.15) is 17.6 Å². The summed E-state index contributed by atoms with van der Waals surface area (Å²) in [5.74, 6) is 1.55. The van der Waals surface area contributed by atoms with Gasteiger partial charge in [-0.2, -0.15) is 0 Å². The van der Waals surface area contributed by atoms with Crippen molar-refractivity contribution in [3.8, 4) is 22.6 Å². The molecule has 1 aliphatic rings. The molecule has 5 heteroatoms. The number of hydrogen-bond donors (Lipinski definition) is 1. The predicted molar refractivity (Wildman–Crippen MR) is 90.2 cm³/mol. The third-order valence-corrected chi connectivity index (χ3v) is 4.32. The summed E-state index contributed by atoms with van der Waals surface area (Å²) in [6.45, 7) is 0.494. The maximum absolute atomic E-state index is 6.28. The molecule has 22 heavy (non-hydrogen) atoms. The van der Waals surface area contributed by atoms with E-state index < -0.39 is 0 Å². The van der Waals surface area contributed by atoms with Crippen molar-refractivity contribution in [3.05, 3.63) is 45.9 Å². The van der Waals surface area contributed by atoms with Crippen molar-refractivity contribution in [3.63, 3.8) is 0 Å². The smallest absolute Gasteiger partial charge is 0.131 e. The molecule has 3 nitrogen and oxygen atoms in total. The molecular formula is C17H17Cl2NO2. The first kappa shape index (κ1) is 15.5. The number of fused-ring (bicyclic) bond motifs is 1.